The normalized spacial score (nSPS) is 17.5. The molecule has 2 aromatic heterocycles. The van der Waals surface area contributed by atoms with Crippen molar-refractivity contribution in [3.63, 3.8) is 0 Å². The Labute approximate surface area is 184 Å². The van der Waals surface area contributed by atoms with Gasteiger partial charge in [0.05, 0.1) is 12.3 Å². The summed E-state index contributed by atoms with van der Waals surface area (Å²) in [4.78, 5) is 23.1. The third kappa shape index (κ3) is 4.63. The topological polar surface area (TPSA) is 81.9 Å². The van der Waals surface area contributed by atoms with Crippen LogP contribution >= 0.6 is 0 Å². The highest BCUT2D eigenvalue weighted by molar-refractivity contribution is 5.81. The lowest BCUT2D eigenvalue weighted by Crippen LogP contribution is -2.45. The number of hydrogen-bond donors (Lipinski definition) is 0. The number of ether oxygens (including phenoxy) is 2. The van der Waals surface area contributed by atoms with Gasteiger partial charge in [-0.25, -0.2) is 13.8 Å². The number of halogens is 2. The van der Waals surface area contributed by atoms with E-state index in [-0.39, 0.29) is 23.3 Å². The van der Waals surface area contributed by atoms with Crippen molar-refractivity contribution < 1.29 is 23.0 Å². The Morgan fingerprint density at radius 1 is 1.25 bits per heavy atom. The number of nitrogens with zero attached hydrogens (tertiary/aromatic N) is 5. The summed E-state index contributed by atoms with van der Waals surface area (Å²) in [6.45, 7) is 5.16. The molecule has 4 rings (SSSR count). The van der Waals surface area contributed by atoms with Crippen LogP contribution in [0.2, 0.25) is 0 Å². The fourth-order valence-electron chi connectivity index (χ4n) is 3.93. The summed E-state index contributed by atoms with van der Waals surface area (Å²) in [5.74, 6) is 1.13. The predicted octanol–water partition coefficient (Wildman–Crippen LogP) is 3.63. The highest BCUT2D eigenvalue weighted by Crippen LogP contribution is 2.29. The summed E-state index contributed by atoms with van der Waals surface area (Å²) in [6.07, 6.45) is -0.692. The Balaban J connectivity index is 1.45. The molecule has 0 radical (unpaired) electrons. The van der Waals surface area contributed by atoms with E-state index in [9.17, 15) is 13.6 Å². The first-order valence-electron chi connectivity index (χ1n) is 10.6. The Bertz CT molecular complexity index is 1070. The molecule has 1 amide bonds. The number of benzene rings is 1. The first kappa shape index (κ1) is 21.9. The van der Waals surface area contributed by atoms with Gasteiger partial charge in [0.25, 0.3) is 18.1 Å². The van der Waals surface area contributed by atoms with E-state index in [0.29, 0.717) is 31.1 Å². The average Bonchev–Trinajstić information content (AvgIpc) is 3.28. The third-order valence-corrected chi connectivity index (χ3v) is 5.47. The van der Waals surface area contributed by atoms with Crippen LogP contribution in [-0.2, 0) is 4.79 Å². The minimum absolute atomic E-state index is 0.133. The van der Waals surface area contributed by atoms with E-state index < -0.39 is 12.5 Å². The van der Waals surface area contributed by atoms with Gasteiger partial charge >= 0.3 is 0 Å². The highest BCUT2D eigenvalue weighted by Gasteiger charge is 2.30. The quantitative estimate of drug-likeness (QED) is 0.552. The van der Waals surface area contributed by atoms with Crippen LogP contribution in [-0.4, -0.2) is 56.2 Å². The SMILES string of the molecule is CCOc1ccc(O[C@H](C)C(=O)N2CCC[C@H](c3cc(C(F)F)n4ncnc4n3)C2)cc1. The summed E-state index contributed by atoms with van der Waals surface area (Å²) in [7, 11) is 0. The molecule has 0 aliphatic carbocycles. The number of piperidine rings is 1. The molecule has 1 aromatic carbocycles. The van der Waals surface area contributed by atoms with Crippen LogP contribution in [0.3, 0.4) is 0 Å². The van der Waals surface area contributed by atoms with Gasteiger partial charge in [-0.2, -0.15) is 14.6 Å². The van der Waals surface area contributed by atoms with Crippen molar-refractivity contribution in [2.24, 2.45) is 0 Å². The third-order valence-electron chi connectivity index (χ3n) is 5.47. The van der Waals surface area contributed by atoms with Gasteiger partial charge in [0, 0.05) is 19.0 Å². The van der Waals surface area contributed by atoms with Crippen LogP contribution in [0.15, 0.2) is 36.7 Å². The second-order valence-electron chi connectivity index (χ2n) is 7.67. The standard InChI is InChI=1S/C22H25F2N5O3/c1-3-31-16-6-8-17(9-7-16)32-14(2)21(30)28-10-4-5-15(12-28)18-11-19(20(23)24)29-22(27-18)25-13-26-29/h6-9,11,13-15,20H,3-5,10,12H2,1-2H3/t14-,15+/m1/s1. The average molecular weight is 445 g/mol. The molecule has 0 N–H and O–H groups in total. The van der Waals surface area contributed by atoms with Gasteiger partial charge in [-0.15, -0.1) is 0 Å². The van der Waals surface area contributed by atoms with Gasteiger partial charge in [0.15, 0.2) is 6.10 Å². The largest absolute Gasteiger partial charge is 0.494 e. The highest BCUT2D eigenvalue weighted by atomic mass is 19.3. The molecule has 0 saturated carbocycles. The van der Waals surface area contributed by atoms with Crippen LogP contribution < -0.4 is 9.47 Å². The monoisotopic (exact) mass is 445 g/mol. The van der Waals surface area contributed by atoms with E-state index in [1.807, 2.05) is 6.92 Å². The number of carbonyl (C=O) groups is 1. The Morgan fingerprint density at radius 3 is 2.72 bits per heavy atom. The van der Waals surface area contributed by atoms with Gasteiger partial charge in [-0.05, 0) is 57.0 Å². The molecule has 170 valence electrons. The number of rotatable bonds is 7. The molecule has 32 heavy (non-hydrogen) atoms. The summed E-state index contributed by atoms with van der Waals surface area (Å²) < 4.78 is 39.3. The van der Waals surface area contributed by atoms with Crippen molar-refractivity contribution >= 4 is 11.7 Å². The van der Waals surface area contributed by atoms with Gasteiger partial charge in [0.1, 0.15) is 23.5 Å². The number of hydrogen-bond acceptors (Lipinski definition) is 6. The smallest absolute Gasteiger partial charge is 0.280 e. The van der Waals surface area contributed by atoms with Crippen molar-refractivity contribution in [2.75, 3.05) is 19.7 Å². The molecule has 0 unspecified atom stereocenters. The van der Waals surface area contributed by atoms with Crippen LogP contribution in [0.1, 0.15) is 50.4 Å². The summed E-state index contributed by atoms with van der Waals surface area (Å²) in [5.41, 5.74) is 0.247. The molecule has 3 heterocycles. The first-order chi connectivity index (χ1) is 15.5. The summed E-state index contributed by atoms with van der Waals surface area (Å²) in [6, 6.07) is 8.47. The maximum atomic E-state index is 13.5. The lowest BCUT2D eigenvalue weighted by molar-refractivity contribution is -0.139. The minimum Gasteiger partial charge on any atom is -0.494 e. The molecule has 2 atom stereocenters. The summed E-state index contributed by atoms with van der Waals surface area (Å²) >= 11 is 0. The second-order valence-corrected chi connectivity index (χ2v) is 7.67. The molecule has 1 fully saturated rings. The Morgan fingerprint density at radius 2 is 2.00 bits per heavy atom. The van der Waals surface area contributed by atoms with Crippen molar-refractivity contribution in [1.29, 1.82) is 0 Å². The van der Waals surface area contributed by atoms with E-state index in [1.165, 1.54) is 12.4 Å². The maximum absolute atomic E-state index is 13.5. The number of aromatic nitrogens is 4. The molecule has 8 nitrogen and oxygen atoms in total. The maximum Gasteiger partial charge on any atom is 0.280 e. The first-order valence-corrected chi connectivity index (χ1v) is 10.6. The summed E-state index contributed by atoms with van der Waals surface area (Å²) in [5, 5.41) is 3.82. The molecule has 1 saturated heterocycles. The minimum atomic E-state index is -2.70. The fraction of sp³-hybridized carbons (Fsp3) is 0.455. The lowest BCUT2D eigenvalue weighted by atomic mass is 9.93. The van der Waals surface area contributed by atoms with Gasteiger partial charge in [0.2, 0.25) is 0 Å². The number of amides is 1. The van der Waals surface area contributed by atoms with Crippen LogP contribution in [0, 0.1) is 0 Å². The molecule has 10 heteroatoms. The lowest BCUT2D eigenvalue weighted by Gasteiger charge is -2.34. The number of fused-ring (bicyclic) bond motifs is 1. The Hall–Kier alpha value is -3.30. The van der Waals surface area contributed by atoms with Crippen molar-refractivity contribution in [1.82, 2.24) is 24.5 Å². The zero-order valence-corrected chi connectivity index (χ0v) is 17.9. The van der Waals surface area contributed by atoms with Crippen molar-refractivity contribution in [3.8, 4) is 11.5 Å². The van der Waals surface area contributed by atoms with E-state index >= 15 is 0 Å². The zero-order chi connectivity index (χ0) is 22.7. The second kappa shape index (κ2) is 9.46. The molecule has 0 bridgehead atoms. The molecule has 0 spiro atoms. The van der Waals surface area contributed by atoms with Crippen molar-refractivity contribution in [3.05, 3.63) is 48.0 Å². The van der Waals surface area contributed by atoms with E-state index in [2.05, 4.69) is 15.1 Å². The fourth-order valence-corrected chi connectivity index (χ4v) is 3.93. The zero-order valence-electron chi connectivity index (χ0n) is 17.9. The van der Waals surface area contributed by atoms with Gasteiger partial charge in [-0.3, -0.25) is 4.79 Å². The van der Waals surface area contributed by atoms with Gasteiger partial charge < -0.3 is 14.4 Å². The number of alkyl halides is 2. The van der Waals surface area contributed by atoms with E-state index in [0.717, 1.165) is 23.1 Å². The molecular weight excluding hydrogens is 420 g/mol. The van der Waals surface area contributed by atoms with Gasteiger partial charge in [-0.1, -0.05) is 0 Å². The van der Waals surface area contributed by atoms with E-state index in [4.69, 9.17) is 9.47 Å². The number of carbonyl (C=O) groups excluding carboxylic acids is 1. The predicted molar refractivity (Wildman–Crippen MR) is 112 cm³/mol. The van der Waals surface area contributed by atoms with Crippen LogP contribution in [0.5, 0.6) is 11.5 Å². The molecular formula is C22H25F2N5O3. The number of likely N-dealkylation sites (tertiary alicyclic amines) is 1. The van der Waals surface area contributed by atoms with E-state index in [1.54, 1.807) is 36.1 Å². The molecule has 1 aliphatic heterocycles. The Kier molecular flexibility index (Phi) is 6.48. The molecule has 1 aliphatic rings. The van der Waals surface area contributed by atoms with Crippen LogP contribution in [0.4, 0.5) is 8.78 Å². The van der Waals surface area contributed by atoms with Crippen LogP contribution in [0.25, 0.3) is 5.78 Å². The molecule has 3 aromatic rings. The van der Waals surface area contributed by atoms with Crippen molar-refractivity contribution in [2.45, 2.75) is 45.1 Å².